The van der Waals surface area contributed by atoms with Crippen molar-refractivity contribution in [3.63, 3.8) is 0 Å². The quantitative estimate of drug-likeness (QED) is 0.847. The third-order valence-corrected chi connectivity index (χ3v) is 4.54. The third kappa shape index (κ3) is 2.70. The van der Waals surface area contributed by atoms with Gasteiger partial charge in [0.1, 0.15) is 4.33 Å². The van der Waals surface area contributed by atoms with Gasteiger partial charge in [-0.05, 0) is 18.6 Å². The van der Waals surface area contributed by atoms with Crippen molar-refractivity contribution >= 4 is 39.1 Å². The summed E-state index contributed by atoms with van der Waals surface area (Å²) in [7, 11) is -3.87. The molecule has 0 bridgehead atoms. The largest absolute Gasteiger partial charge is 0.274 e. The average Bonchev–Trinajstić information content (AvgIpc) is 2.89. The van der Waals surface area contributed by atoms with Crippen molar-refractivity contribution in [1.29, 1.82) is 0 Å². The molecule has 1 saturated carbocycles. The van der Waals surface area contributed by atoms with Gasteiger partial charge in [-0.2, -0.15) is 0 Å². The van der Waals surface area contributed by atoms with Gasteiger partial charge >= 0.3 is 0 Å². The Bertz CT molecular complexity index is 545. The number of hydrogen-bond donors (Lipinski definition) is 1. The number of rotatable bonds is 3. The highest BCUT2D eigenvalue weighted by molar-refractivity contribution is 7.90. The number of aromatic nitrogens is 1. The van der Waals surface area contributed by atoms with E-state index in [0.29, 0.717) is 0 Å². The first-order chi connectivity index (χ1) is 7.83. The van der Waals surface area contributed by atoms with Gasteiger partial charge in [-0.15, -0.1) is 23.2 Å². The molecule has 1 aromatic rings. The van der Waals surface area contributed by atoms with Gasteiger partial charge in [0.15, 0.2) is 0 Å². The van der Waals surface area contributed by atoms with E-state index in [1.54, 1.807) is 0 Å². The Morgan fingerprint density at radius 3 is 2.41 bits per heavy atom. The highest BCUT2D eigenvalue weighted by Gasteiger charge is 2.57. The second-order valence-electron chi connectivity index (χ2n) is 3.67. The summed E-state index contributed by atoms with van der Waals surface area (Å²) in [5.74, 6) is -1.37. The van der Waals surface area contributed by atoms with Gasteiger partial charge in [0.05, 0.1) is 10.8 Å². The summed E-state index contributed by atoms with van der Waals surface area (Å²) in [6, 6.07) is 2.58. The molecule has 1 heterocycles. The van der Waals surface area contributed by atoms with Crippen LogP contribution in [0.1, 0.15) is 6.42 Å². The molecule has 1 fully saturated rings. The van der Waals surface area contributed by atoms with Crippen molar-refractivity contribution in [1.82, 2.24) is 9.71 Å². The van der Waals surface area contributed by atoms with E-state index in [-0.39, 0.29) is 11.3 Å². The zero-order chi connectivity index (χ0) is 12.7. The first-order valence-electron chi connectivity index (χ1n) is 4.67. The number of sulfonamides is 1. The first kappa shape index (κ1) is 12.6. The molecule has 1 aliphatic rings. The van der Waals surface area contributed by atoms with Crippen LogP contribution in [0.3, 0.4) is 0 Å². The van der Waals surface area contributed by atoms with E-state index in [1.165, 1.54) is 24.5 Å². The van der Waals surface area contributed by atoms with Crippen molar-refractivity contribution in [3.05, 3.63) is 24.5 Å². The van der Waals surface area contributed by atoms with Gasteiger partial charge in [-0.1, -0.05) is 0 Å². The fourth-order valence-electron chi connectivity index (χ4n) is 1.28. The lowest BCUT2D eigenvalue weighted by Crippen LogP contribution is -2.32. The molecule has 0 aliphatic heterocycles. The Morgan fingerprint density at radius 1 is 1.41 bits per heavy atom. The Hall–Kier alpha value is -0.850. The van der Waals surface area contributed by atoms with E-state index in [0.717, 1.165) is 0 Å². The maximum absolute atomic E-state index is 11.7. The predicted octanol–water partition coefficient (Wildman–Crippen LogP) is 1.08. The van der Waals surface area contributed by atoms with Crippen LogP contribution in [-0.2, 0) is 14.8 Å². The topological polar surface area (TPSA) is 76.1 Å². The molecule has 0 spiro atoms. The molecule has 1 amide bonds. The van der Waals surface area contributed by atoms with Crippen LogP contribution in [0, 0.1) is 5.92 Å². The Kier molecular flexibility index (Phi) is 3.05. The van der Waals surface area contributed by atoms with Gasteiger partial charge in [-0.3, -0.25) is 9.78 Å². The standard InChI is InChI=1S/C9H8Cl2N2O3S/c10-9(11)5-7(9)8(14)13-17(15,16)6-1-3-12-4-2-6/h1-4,7H,5H2,(H,13,14)/t7-/m1/s1. The van der Waals surface area contributed by atoms with Crippen molar-refractivity contribution in [2.45, 2.75) is 15.6 Å². The molecule has 92 valence electrons. The van der Waals surface area contributed by atoms with Crippen LogP contribution in [0.2, 0.25) is 0 Å². The number of hydrogen-bond acceptors (Lipinski definition) is 4. The van der Waals surface area contributed by atoms with Gasteiger partial charge in [0.2, 0.25) is 5.91 Å². The van der Waals surface area contributed by atoms with Gasteiger partial charge in [-0.25, -0.2) is 13.1 Å². The Balaban J connectivity index is 2.12. The summed E-state index contributed by atoms with van der Waals surface area (Å²) < 4.78 is 24.3. The third-order valence-electron chi connectivity index (χ3n) is 2.34. The van der Waals surface area contributed by atoms with E-state index in [1.807, 2.05) is 4.72 Å². The summed E-state index contributed by atoms with van der Waals surface area (Å²) in [6.07, 6.45) is 2.90. The van der Waals surface area contributed by atoms with Crippen molar-refractivity contribution in [2.75, 3.05) is 0 Å². The molecular weight excluding hydrogens is 287 g/mol. The molecule has 8 heteroatoms. The number of carbonyl (C=O) groups excluding carboxylic acids is 1. The number of halogens is 2. The lowest BCUT2D eigenvalue weighted by Gasteiger charge is -2.06. The summed E-state index contributed by atoms with van der Waals surface area (Å²) in [5, 5.41) is 0. The molecule has 0 aromatic carbocycles. The highest BCUT2D eigenvalue weighted by atomic mass is 35.5. The number of alkyl halides is 2. The molecule has 1 atom stereocenters. The van der Waals surface area contributed by atoms with Gasteiger partial charge in [0.25, 0.3) is 10.0 Å². The minimum absolute atomic E-state index is 0.0313. The van der Waals surface area contributed by atoms with Gasteiger partial charge < -0.3 is 0 Å². The second kappa shape index (κ2) is 4.12. The van der Waals surface area contributed by atoms with Crippen molar-refractivity contribution < 1.29 is 13.2 Å². The molecule has 1 aromatic heterocycles. The maximum atomic E-state index is 11.7. The SMILES string of the molecule is O=C(NS(=O)(=O)c1ccncc1)[C@H]1CC1(Cl)Cl. The lowest BCUT2D eigenvalue weighted by molar-refractivity contribution is -0.120. The molecule has 5 nitrogen and oxygen atoms in total. The molecule has 17 heavy (non-hydrogen) atoms. The zero-order valence-electron chi connectivity index (χ0n) is 8.43. The van der Waals surface area contributed by atoms with E-state index in [4.69, 9.17) is 23.2 Å². The number of carbonyl (C=O) groups is 1. The van der Waals surface area contributed by atoms with E-state index in [9.17, 15) is 13.2 Å². The number of pyridine rings is 1. The lowest BCUT2D eigenvalue weighted by atomic mass is 10.4. The number of nitrogens with zero attached hydrogens (tertiary/aromatic N) is 1. The van der Waals surface area contributed by atoms with Crippen molar-refractivity contribution in [3.8, 4) is 0 Å². The average molecular weight is 295 g/mol. The molecule has 1 aliphatic carbocycles. The molecular formula is C9H8Cl2N2O3S. The van der Waals surface area contributed by atoms with Crippen LogP contribution in [-0.4, -0.2) is 23.6 Å². The molecule has 0 radical (unpaired) electrons. The fourth-order valence-corrected chi connectivity index (χ4v) is 2.79. The van der Waals surface area contributed by atoms with Crippen LogP contribution in [0.25, 0.3) is 0 Å². The Labute approximate surface area is 108 Å². The Morgan fingerprint density at radius 2 is 1.94 bits per heavy atom. The summed E-state index contributed by atoms with van der Waals surface area (Å²) >= 11 is 11.4. The minimum atomic E-state index is -3.87. The van der Waals surface area contributed by atoms with Crippen LogP contribution in [0.15, 0.2) is 29.4 Å². The molecule has 0 unspecified atom stereocenters. The normalized spacial score (nSPS) is 21.9. The van der Waals surface area contributed by atoms with Crippen LogP contribution >= 0.6 is 23.2 Å². The number of nitrogens with one attached hydrogen (secondary N) is 1. The predicted molar refractivity (Wildman–Crippen MR) is 62.1 cm³/mol. The number of amides is 1. The van der Waals surface area contributed by atoms with E-state index in [2.05, 4.69) is 4.98 Å². The van der Waals surface area contributed by atoms with Crippen LogP contribution in [0.4, 0.5) is 0 Å². The smallest absolute Gasteiger partial charge is 0.264 e. The summed E-state index contributed by atoms with van der Waals surface area (Å²) in [5.41, 5.74) is 0. The summed E-state index contributed by atoms with van der Waals surface area (Å²) in [4.78, 5) is 15.2. The van der Waals surface area contributed by atoms with E-state index < -0.39 is 26.2 Å². The highest BCUT2D eigenvalue weighted by Crippen LogP contribution is 2.53. The molecule has 2 rings (SSSR count). The first-order valence-corrected chi connectivity index (χ1v) is 6.91. The van der Waals surface area contributed by atoms with Gasteiger partial charge in [0, 0.05) is 12.4 Å². The van der Waals surface area contributed by atoms with Crippen LogP contribution in [0.5, 0.6) is 0 Å². The molecule has 0 saturated heterocycles. The molecule has 1 N–H and O–H groups in total. The zero-order valence-corrected chi connectivity index (χ0v) is 10.8. The van der Waals surface area contributed by atoms with E-state index >= 15 is 0 Å². The van der Waals surface area contributed by atoms with Crippen molar-refractivity contribution in [2.24, 2.45) is 5.92 Å². The summed E-state index contributed by atoms with van der Waals surface area (Å²) in [6.45, 7) is 0. The van der Waals surface area contributed by atoms with Crippen LogP contribution < -0.4 is 4.72 Å². The minimum Gasteiger partial charge on any atom is -0.274 e. The second-order valence-corrected chi connectivity index (χ2v) is 6.90. The monoisotopic (exact) mass is 294 g/mol. The maximum Gasteiger partial charge on any atom is 0.264 e. The fraction of sp³-hybridized carbons (Fsp3) is 0.333.